The molecule has 1 unspecified atom stereocenters. The molecule has 4 rings (SSSR count). The van der Waals surface area contributed by atoms with Gasteiger partial charge >= 0.3 is 0 Å². The number of aromatic nitrogens is 4. The Morgan fingerprint density at radius 2 is 2.00 bits per heavy atom. The van der Waals surface area contributed by atoms with Crippen LogP contribution in [0.2, 0.25) is 5.02 Å². The largest absolute Gasteiger partial charge is 0.496 e. The number of nitrogens with two attached hydrogens (primary N) is 1. The number of fused-ring (bicyclic) bond motifs is 1. The smallest absolute Gasteiger partial charge is 0.282 e. The summed E-state index contributed by atoms with van der Waals surface area (Å²) in [4.78, 5) is 9.92. The van der Waals surface area contributed by atoms with Crippen LogP contribution in [0.25, 0.3) is 11.0 Å². The Kier molecular flexibility index (Phi) is 6.38. The van der Waals surface area contributed by atoms with Crippen molar-refractivity contribution in [3.63, 3.8) is 0 Å². The molecule has 0 saturated carbocycles. The Morgan fingerprint density at radius 3 is 2.59 bits per heavy atom. The molecule has 1 aromatic carbocycles. The van der Waals surface area contributed by atoms with Crippen LogP contribution in [0.5, 0.6) is 5.75 Å². The lowest BCUT2D eigenvalue weighted by molar-refractivity contribution is 0.00662. The molecule has 0 spiro atoms. The average molecular weight is 499 g/mol. The molecular formula is C22H26ClF3N6O2. The van der Waals surface area contributed by atoms with Crippen LogP contribution >= 0.6 is 11.6 Å². The maximum atomic E-state index is 15.2. The molecule has 2 aromatic heterocycles. The van der Waals surface area contributed by atoms with E-state index in [1.165, 1.54) is 24.2 Å². The summed E-state index contributed by atoms with van der Waals surface area (Å²) in [5, 5.41) is 14.0. The summed E-state index contributed by atoms with van der Waals surface area (Å²) >= 11 is 6.27. The van der Waals surface area contributed by atoms with Crippen molar-refractivity contribution >= 4 is 28.5 Å². The number of benzene rings is 1. The first-order valence-electron chi connectivity index (χ1n) is 10.7. The zero-order valence-corrected chi connectivity index (χ0v) is 19.9. The predicted molar refractivity (Wildman–Crippen MR) is 122 cm³/mol. The maximum Gasteiger partial charge on any atom is 0.282 e. The Bertz CT molecular complexity index is 1220. The van der Waals surface area contributed by atoms with E-state index in [2.05, 4.69) is 15.1 Å². The highest BCUT2D eigenvalue weighted by Gasteiger charge is 2.37. The SMILES string of the molecule is COc1c(C(C)n2nc(C(F)F)c3c(N)ncnc32)cc(Cl)c(F)c1C1CN(CC(C)(C)O)C1. The predicted octanol–water partition coefficient (Wildman–Crippen LogP) is 3.93. The zero-order valence-electron chi connectivity index (χ0n) is 19.2. The van der Waals surface area contributed by atoms with Crippen LogP contribution in [0.4, 0.5) is 19.0 Å². The number of likely N-dealkylation sites (tertiary alicyclic amines) is 1. The molecule has 3 N–H and O–H groups in total. The molecule has 0 amide bonds. The number of aliphatic hydroxyl groups is 1. The molecule has 3 heterocycles. The average Bonchev–Trinajstić information content (AvgIpc) is 3.12. The highest BCUT2D eigenvalue weighted by Crippen LogP contribution is 2.44. The fourth-order valence-corrected chi connectivity index (χ4v) is 4.78. The number of alkyl halides is 2. The van der Waals surface area contributed by atoms with Crippen molar-refractivity contribution in [2.45, 2.75) is 44.8 Å². The monoisotopic (exact) mass is 498 g/mol. The fraction of sp³-hybridized carbons (Fsp3) is 0.500. The van der Waals surface area contributed by atoms with Gasteiger partial charge in [0.2, 0.25) is 0 Å². The molecule has 1 aliphatic rings. The van der Waals surface area contributed by atoms with Gasteiger partial charge in [0.25, 0.3) is 6.43 Å². The van der Waals surface area contributed by atoms with Gasteiger partial charge in [-0.15, -0.1) is 0 Å². The number of nitrogens with zero attached hydrogens (tertiary/aromatic N) is 5. The third-order valence-corrected chi connectivity index (χ3v) is 6.26. The minimum Gasteiger partial charge on any atom is -0.496 e. The number of anilines is 1. The minimum atomic E-state index is -2.89. The Balaban J connectivity index is 1.79. The molecule has 1 fully saturated rings. The third kappa shape index (κ3) is 4.27. The van der Waals surface area contributed by atoms with Gasteiger partial charge in [0.1, 0.15) is 29.4 Å². The van der Waals surface area contributed by atoms with Crippen LogP contribution in [0.15, 0.2) is 12.4 Å². The number of halogens is 4. The van der Waals surface area contributed by atoms with E-state index >= 15 is 4.39 Å². The molecular weight excluding hydrogens is 473 g/mol. The van der Waals surface area contributed by atoms with Gasteiger partial charge in [-0.2, -0.15) is 5.10 Å². The highest BCUT2D eigenvalue weighted by atomic mass is 35.5. The van der Waals surface area contributed by atoms with Crippen molar-refractivity contribution in [3.05, 3.63) is 40.1 Å². The Labute approximate surface area is 199 Å². The number of ether oxygens (including phenoxy) is 1. The van der Waals surface area contributed by atoms with E-state index in [9.17, 15) is 13.9 Å². The van der Waals surface area contributed by atoms with E-state index in [1.54, 1.807) is 20.8 Å². The van der Waals surface area contributed by atoms with Gasteiger partial charge in [-0.05, 0) is 26.8 Å². The lowest BCUT2D eigenvalue weighted by Crippen LogP contribution is -2.51. The minimum absolute atomic E-state index is 0.0296. The van der Waals surface area contributed by atoms with Gasteiger partial charge in [0, 0.05) is 36.7 Å². The molecule has 12 heteroatoms. The van der Waals surface area contributed by atoms with Crippen molar-refractivity contribution in [2.75, 3.05) is 32.5 Å². The van der Waals surface area contributed by atoms with Crippen LogP contribution in [0.3, 0.4) is 0 Å². The first kappa shape index (κ1) is 24.5. The zero-order chi connectivity index (χ0) is 24.9. The molecule has 3 aromatic rings. The van der Waals surface area contributed by atoms with E-state index < -0.39 is 29.6 Å². The number of rotatable bonds is 7. The normalized spacial score (nSPS) is 16.3. The van der Waals surface area contributed by atoms with Crippen LogP contribution in [0.1, 0.15) is 56.0 Å². The van der Waals surface area contributed by atoms with E-state index in [0.29, 0.717) is 30.8 Å². The summed E-state index contributed by atoms with van der Waals surface area (Å²) in [5.41, 5.74) is 5.32. The van der Waals surface area contributed by atoms with Crippen molar-refractivity contribution in [1.29, 1.82) is 0 Å². The summed E-state index contributed by atoms with van der Waals surface area (Å²) in [5.74, 6) is -0.644. The number of methoxy groups -OCH3 is 1. The molecule has 1 aliphatic heterocycles. The molecule has 184 valence electrons. The summed E-state index contributed by atoms with van der Waals surface area (Å²) < 4.78 is 49.5. The van der Waals surface area contributed by atoms with Crippen molar-refractivity contribution < 1.29 is 23.0 Å². The van der Waals surface area contributed by atoms with Crippen LogP contribution in [0, 0.1) is 5.82 Å². The molecule has 34 heavy (non-hydrogen) atoms. The molecule has 0 aliphatic carbocycles. The summed E-state index contributed by atoms with van der Waals surface area (Å²) in [6, 6.07) is 0.723. The molecule has 8 nitrogen and oxygen atoms in total. The lowest BCUT2D eigenvalue weighted by Gasteiger charge is -2.43. The molecule has 1 atom stereocenters. The van der Waals surface area contributed by atoms with Crippen molar-refractivity contribution in [1.82, 2.24) is 24.6 Å². The topological polar surface area (TPSA) is 102 Å². The molecule has 1 saturated heterocycles. The van der Waals surface area contributed by atoms with Crippen molar-refractivity contribution in [2.24, 2.45) is 0 Å². The van der Waals surface area contributed by atoms with Gasteiger partial charge in [0.15, 0.2) is 5.65 Å². The fourth-order valence-electron chi connectivity index (χ4n) is 4.56. The second-order valence-electron chi connectivity index (χ2n) is 9.18. The first-order valence-corrected chi connectivity index (χ1v) is 11.1. The van der Waals surface area contributed by atoms with Gasteiger partial charge in [-0.3, -0.25) is 4.90 Å². The van der Waals surface area contributed by atoms with Crippen LogP contribution in [-0.2, 0) is 0 Å². The van der Waals surface area contributed by atoms with Gasteiger partial charge in [-0.1, -0.05) is 11.6 Å². The molecule has 0 bridgehead atoms. The van der Waals surface area contributed by atoms with Gasteiger partial charge < -0.3 is 15.6 Å². The summed E-state index contributed by atoms with van der Waals surface area (Å²) in [6.07, 6.45) is -1.72. The first-order chi connectivity index (χ1) is 15.9. The van der Waals surface area contributed by atoms with Gasteiger partial charge in [0.05, 0.1) is 29.2 Å². The van der Waals surface area contributed by atoms with E-state index in [4.69, 9.17) is 22.1 Å². The number of hydrogen-bond acceptors (Lipinski definition) is 7. The standard InChI is InChI=1S/C22H26ClF3N6O2/c1-10(32-21-15(17(30-32)19(25)26)20(27)28-9-29-21)12-5-13(23)16(24)14(18(12)34-4)11-6-31(7-11)8-22(2,3)33/h5,9-11,19,33H,6-8H2,1-4H3,(H2,27,28,29). The molecule has 0 radical (unpaired) electrons. The van der Waals surface area contributed by atoms with E-state index in [-0.39, 0.29) is 33.5 Å². The van der Waals surface area contributed by atoms with Crippen molar-refractivity contribution in [3.8, 4) is 5.75 Å². The number of hydrogen-bond donors (Lipinski definition) is 2. The van der Waals surface area contributed by atoms with Crippen LogP contribution < -0.4 is 10.5 Å². The second kappa shape index (κ2) is 8.86. The Hall–Kier alpha value is -2.63. The Morgan fingerprint density at radius 1 is 1.32 bits per heavy atom. The lowest BCUT2D eigenvalue weighted by atomic mass is 9.87. The number of β-amino-alcohol motifs (C(OH)–C–C–N with tert-alkyl or cyclic N) is 1. The van der Waals surface area contributed by atoms with E-state index in [0.717, 1.165) is 0 Å². The van der Waals surface area contributed by atoms with Crippen LogP contribution in [-0.4, -0.2) is 62.1 Å². The van der Waals surface area contributed by atoms with E-state index in [1.807, 2.05) is 4.90 Å². The summed E-state index contributed by atoms with van der Waals surface area (Å²) in [6.45, 7) is 6.58. The third-order valence-electron chi connectivity index (χ3n) is 5.98. The van der Waals surface area contributed by atoms with Gasteiger partial charge in [-0.25, -0.2) is 27.8 Å². The maximum absolute atomic E-state index is 15.2. The highest BCUT2D eigenvalue weighted by molar-refractivity contribution is 6.31. The summed E-state index contributed by atoms with van der Waals surface area (Å²) in [7, 11) is 1.42. The number of nitrogen functional groups attached to an aromatic ring is 1. The second-order valence-corrected chi connectivity index (χ2v) is 9.58. The quantitative estimate of drug-likeness (QED) is 0.509.